The lowest BCUT2D eigenvalue weighted by atomic mass is 10.0. The molecule has 0 aliphatic carbocycles. The number of halogens is 2. The van der Waals surface area contributed by atoms with Crippen molar-refractivity contribution in [3.05, 3.63) is 35.4 Å². The molecule has 1 aromatic rings. The molecule has 0 saturated carbocycles. The molecule has 0 spiro atoms. The van der Waals surface area contributed by atoms with E-state index < -0.39 is 17.7 Å². The van der Waals surface area contributed by atoms with Crippen LogP contribution in [0.25, 0.3) is 0 Å². The Kier molecular flexibility index (Phi) is 4.55. The fourth-order valence-corrected chi connectivity index (χ4v) is 1.42. The van der Waals surface area contributed by atoms with Gasteiger partial charge in [0.1, 0.15) is 0 Å². The SMILES string of the molecule is CCCCC(N)C(=O)c1ccc(F)c(F)c1. The summed E-state index contributed by atoms with van der Waals surface area (Å²) in [4.78, 5) is 11.7. The number of benzene rings is 1. The van der Waals surface area contributed by atoms with Crippen molar-refractivity contribution in [1.29, 1.82) is 0 Å². The zero-order valence-electron chi connectivity index (χ0n) is 9.17. The number of hydrogen-bond acceptors (Lipinski definition) is 2. The summed E-state index contributed by atoms with van der Waals surface area (Å²) in [7, 11) is 0. The van der Waals surface area contributed by atoms with Crippen LogP contribution in [0, 0.1) is 11.6 Å². The standard InChI is InChI=1S/C12H15F2NO/c1-2-3-4-11(15)12(16)8-5-6-9(13)10(14)7-8/h5-7,11H,2-4,15H2,1H3. The van der Waals surface area contributed by atoms with Crippen LogP contribution in [-0.4, -0.2) is 11.8 Å². The summed E-state index contributed by atoms with van der Waals surface area (Å²) in [5.74, 6) is -2.32. The monoisotopic (exact) mass is 227 g/mol. The van der Waals surface area contributed by atoms with Gasteiger partial charge in [-0.2, -0.15) is 0 Å². The van der Waals surface area contributed by atoms with Crippen LogP contribution in [-0.2, 0) is 0 Å². The Morgan fingerprint density at radius 2 is 2.06 bits per heavy atom. The number of unbranched alkanes of at least 4 members (excludes halogenated alkanes) is 1. The Morgan fingerprint density at radius 1 is 1.38 bits per heavy atom. The van der Waals surface area contributed by atoms with Crippen molar-refractivity contribution < 1.29 is 13.6 Å². The van der Waals surface area contributed by atoms with Crippen LogP contribution in [0.5, 0.6) is 0 Å². The van der Waals surface area contributed by atoms with Crippen molar-refractivity contribution in [3.63, 3.8) is 0 Å². The smallest absolute Gasteiger partial charge is 0.179 e. The Morgan fingerprint density at radius 3 is 2.62 bits per heavy atom. The number of carbonyl (C=O) groups is 1. The van der Waals surface area contributed by atoms with E-state index in [9.17, 15) is 13.6 Å². The van der Waals surface area contributed by atoms with E-state index >= 15 is 0 Å². The zero-order valence-corrected chi connectivity index (χ0v) is 9.17. The lowest BCUT2D eigenvalue weighted by Gasteiger charge is -2.09. The highest BCUT2D eigenvalue weighted by molar-refractivity contribution is 5.99. The Balaban J connectivity index is 2.76. The van der Waals surface area contributed by atoms with Gasteiger partial charge in [-0.3, -0.25) is 4.79 Å². The van der Waals surface area contributed by atoms with Crippen LogP contribution in [0.3, 0.4) is 0 Å². The first-order chi connectivity index (χ1) is 7.56. The predicted molar refractivity (Wildman–Crippen MR) is 58.2 cm³/mol. The molecule has 0 radical (unpaired) electrons. The molecule has 0 fully saturated rings. The summed E-state index contributed by atoms with van der Waals surface area (Å²) in [6.07, 6.45) is 2.35. The minimum atomic E-state index is -1.02. The molecule has 88 valence electrons. The van der Waals surface area contributed by atoms with Crippen molar-refractivity contribution >= 4 is 5.78 Å². The fourth-order valence-electron chi connectivity index (χ4n) is 1.42. The molecular formula is C12H15F2NO. The van der Waals surface area contributed by atoms with Crippen LogP contribution in [0.15, 0.2) is 18.2 Å². The van der Waals surface area contributed by atoms with Crippen LogP contribution >= 0.6 is 0 Å². The maximum Gasteiger partial charge on any atom is 0.179 e. The summed E-state index contributed by atoms with van der Waals surface area (Å²) < 4.78 is 25.5. The quantitative estimate of drug-likeness (QED) is 0.786. The van der Waals surface area contributed by atoms with E-state index in [2.05, 4.69) is 0 Å². The molecule has 1 rings (SSSR count). The maximum absolute atomic E-state index is 12.9. The molecule has 2 N–H and O–H groups in total. The van der Waals surface area contributed by atoms with Crippen LogP contribution < -0.4 is 5.73 Å². The lowest BCUT2D eigenvalue weighted by molar-refractivity contribution is 0.0955. The zero-order chi connectivity index (χ0) is 12.1. The van der Waals surface area contributed by atoms with Gasteiger partial charge >= 0.3 is 0 Å². The van der Waals surface area contributed by atoms with Gasteiger partial charge in [-0.05, 0) is 24.6 Å². The van der Waals surface area contributed by atoms with Gasteiger partial charge in [-0.1, -0.05) is 19.8 Å². The van der Waals surface area contributed by atoms with Crippen LogP contribution in [0.4, 0.5) is 8.78 Å². The first kappa shape index (κ1) is 12.8. The lowest BCUT2D eigenvalue weighted by Crippen LogP contribution is -2.30. The third-order valence-electron chi connectivity index (χ3n) is 2.41. The first-order valence-corrected chi connectivity index (χ1v) is 5.31. The molecule has 0 heterocycles. The molecular weight excluding hydrogens is 212 g/mol. The Labute approximate surface area is 93.5 Å². The summed E-state index contributed by atoms with van der Waals surface area (Å²) in [6, 6.07) is 2.45. The predicted octanol–water partition coefficient (Wildman–Crippen LogP) is 2.67. The van der Waals surface area contributed by atoms with Gasteiger partial charge in [0.25, 0.3) is 0 Å². The average molecular weight is 227 g/mol. The van der Waals surface area contributed by atoms with Gasteiger partial charge in [0, 0.05) is 5.56 Å². The summed E-state index contributed by atoms with van der Waals surface area (Å²) in [5, 5.41) is 0. The topological polar surface area (TPSA) is 43.1 Å². The van der Waals surface area contributed by atoms with Crippen molar-refractivity contribution in [2.45, 2.75) is 32.2 Å². The molecule has 0 aliphatic rings. The molecule has 4 heteroatoms. The number of hydrogen-bond donors (Lipinski definition) is 1. The van der Waals surface area contributed by atoms with Crippen LogP contribution in [0.2, 0.25) is 0 Å². The van der Waals surface area contributed by atoms with E-state index in [0.717, 1.165) is 25.0 Å². The second-order valence-corrected chi connectivity index (χ2v) is 3.74. The van der Waals surface area contributed by atoms with E-state index in [1.165, 1.54) is 6.07 Å². The highest BCUT2D eigenvalue weighted by Gasteiger charge is 2.16. The largest absolute Gasteiger partial charge is 0.321 e. The van der Waals surface area contributed by atoms with Gasteiger partial charge in [-0.25, -0.2) is 8.78 Å². The molecule has 0 bridgehead atoms. The van der Waals surface area contributed by atoms with Gasteiger partial charge < -0.3 is 5.73 Å². The van der Waals surface area contributed by atoms with E-state index in [4.69, 9.17) is 5.73 Å². The molecule has 1 atom stereocenters. The molecule has 1 unspecified atom stereocenters. The second kappa shape index (κ2) is 5.70. The number of ketones is 1. The number of nitrogens with two attached hydrogens (primary N) is 1. The Bertz CT molecular complexity index is 379. The molecule has 0 aliphatic heterocycles. The molecule has 0 saturated heterocycles. The van der Waals surface area contributed by atoms with E-state index in [1.54, 1.807) is 0 Å². The molecule has 2 nitrogen and oxygen atoms in total. The van der Waals surface area contributed by atoms with E-state index in [-0.39, 0.29) is 11.3 Å². The van der Waals surface area contributed by atoms with Crippen molar-refractivity contribution in [3.8, 4) is 0 Å². The molecule has 16 heavy (non-hydrogen) atoms. The summed E-state index contributed by atoms with van der Waals surface area (Å²) in [5.41, 5.74) is 5.79. The minimum absolute atomic E-state index is 0.127. The minimum Gasteiger partial charge on any atom is -0.321 e. The maximum atomic E-state index is 12.9. The van der Waals surface area contributed by atoms with E-state index in [1.807, 2.05) is 6.92 Å². The van der Waals surface area contributed by atoms with Gasteiger partial charge in [-0.15, -0.1) is 0 Å². The normalized spacial score (nSPS) is 12.5. The number of carbonyl (C=O) groups excluding carboxylic acids is 1. The van der Waals surface area contributed by atoms with Crippen LogP contribution in [0.1, 0.15) is 36.5 Å². The fraction of sp³-hybridized carbons (Fsp3) is 0.417. The third kappa shape index (κ3) is 3.10. The summed E-state index contributed by atoms with van der Waals surface area (Å²) >= 11 is 0. The molecule has 0 amide bonds. The summed E-state index contributed by atoms with van der Waals surface area (Å²) in [6.45, 7) is 1.99. The van der Waals surface area contributed by atoms with Gasteiger partial charge in [0.2, 0.25) is 0 Å². The number of rotatable bonds is 5. The van der Waals surface area contributed by atoms with Gasteiger partial charge in [0.05, 0.1) is 6.04 Å². The van der Waals surface area contributed by atoms with Crippen molar-refractivity contribution in [2.75, 3.05) is 0 Å². The first-order valence-electron chi connectivity index (χ1n) is 5.31. The van der Waals surface area contributed by atoms with Gasteiger partial charge in [0.15, 0.2) is 17.4 Å². The molecule has 0 aromatic heterocycles. The molecule has 1 aromatic carbocycles. The van der Waals surface area contributed by atoms with E-state index in [0.29, 0.717) is 6.42 Å². The second-order valence-electron chi connectivity index (χ2n) is 3.74. The average Bonchev–Trinajstić information content (AvgIpc) is 2.28. The van der Waals surface area contributed by atoms with Crippen molar-refractivity contribution in [1.82, 2.24) is 0 Å². The third-order valence-corrected chi connectivity index (χ3v) is 2.41. The van der Waals surface area contributed by atoms with Crippen molar-refractivity contribution in [2.24, 2.45) is 5.73 Å². The Hall–Kier alpha value is -1.29. The number of Topliss-reactive ketones (excluding diaryl/α,β-unsaturated/α-hetero) is 1. The highest BCUT2D eigenvalue weighted by Crippen LogP contribution is 2.12. The highest BCUT2D eigenvalue weighted by atomic mass is 19.2.